The van der Waals surface area contributed by atoms with Crippen LogP contribution in [0.3, 0.4) is 0 Å². The summed E-state index contributed by atoms with van der Waals surface area (Å²) in [4.78, 5) is 49.0. The molecule has 1 aliphatic heterocycles. The van der Waals surface area contributed by atoms with Gasteiger partial charge in [0, 0.05) is 17.0 Å². The molecule has 154 valence electrons. The van der Waals surface area contributed by atoms with Crippen molar-refractivity contribution in [3.8, 4) is 0 Å². The average Bonchev–Trinajstić information content (AvgIpc) is 2.80. The normalized spacial score (nSPS) is 15.9. The molecule has 2 heterocycles. The third-order valence-electron chi connectivity index (χ3n) is 4.96. The van der Waals surface area contributed by atoms with Crippen molar-refractivity contribution in [1.29, 1.82) is 0 Å². The Morgan fingerprint density at radius 3 is 2.48 bits per heavy atom. The molecule has 0 atom stereocenters. The lowest BCUT2D eigenvalue weighted by atomic mass is 9.95. The van der Waals surface area contributed by atoms with Gasteiger partial charge in [0.25, 0.3) is 5.91 Å². The van der Waals surface area contributed by atoms with Crippen molar-refractivity contribution >= 4 is 28.9 Å². The maximum atomic E-state index is 12.2. The number of carbonyl (C=O) groups is 3. The zero-order valence-corrected chi connectivity index (χ0v) is 17.1. The molecule has 2 aromatic rings. The number of urea groups is 1. The molecule has 1 aromatic carbocycles. The fraction of sp³-hybridized carbons (Fsp3) is 0.429. The third kappa shape index (κ3) is 4.01. The van der Waals surface area contributed by atoms with E-state index >= 15 is 0 Å². The maximum Gasteiger partial charge on any atom is 0.336 e. The molecule has 0 unspecified atom stereocenters. The lowest BCUT2D eigenvalue weighted by molar-refractivity contribution is -0.148. The molecule has 8 heteroatoms. The zero-order valence-electron chi connectivity index (χ0n) is 17.1. The van der Waals surface area contributed by atoms with Crippen molar-refractivity contribution in [2.45, 2.75) is 52.7 Å². The van der Waals surface area contributed by atoms with E-state index < -0.39 is 35.6 Å². The van der Waals surface area contributed by atoms with E-state index in [1.807, 2.05) is 13.0 Å². The molecule has 1 N–H and O–H groups in total. The molecule has 0 spiro atoms. The van der Waals surface area contributed by atoms with Crippen LogP contribution in [0.4, 0.5) is 4.79 Å². The van der Waals surface area contributed by atoms with Crippen LogP contribution >= 0.6 is 0 Å². The smallest absolute Gasteiger partial charge is 0.336 e. The predicted octanol–water partition coefficient (Wildman–Crippen LogP) is 2.60. The second-order valence-electron chi connectivity index (χ2n) is 8.06. The van der Waals surface area contributed by atoms with Crippen LogP contribution in [0.15, 0.2) is 27.4 Å². The quantitative estimate of drug-likeness (QED) is 0.470. The summed E-state index contributed by atoms with van der Waals surface area (Å²) in [7, 11) is 0. The van der Waals surface area contributed by atoms with Crippen LogP contribution < -0.4 is 10.9 Å². The Balaban J connectivity index is 1.81. The molecule has 1 saturated heterocycles. The topological polar surface area (TPSA) is 106 Å². The van der Waals surface area contributed by atoms with Crippen LogP contribution in [0.1, 0.15) is 50.3 Å². The fourth-order valence-corrected chi connectivity index (χ4v) is 3.43. The SMILES string of the molecule is Cc1cc2oc(=O)cc(COC(=O)CN3C(=O)NC(C)(C)C3=O)c2cc1C(C)C. The van der Waals surface area contributed by atoms with Gasteiger partial charge in [-0.1, -0.05) is 13.8 Å². The summed E-state index contributed by atoms with van der Waals surface area (Å²) in [5, 5.41) is 3.18. The number of aryl methyl sites for hydroxylation is 1. The first-order valence-electron chi connectivity index (χ1n) is 9.36. The number of carbonyl (C=O) groups excluding carboxylic acids is 3. The lowest BCUT2D eigenvalue weighted by Crippen LogP contribution is -2.41. The lowest BCUT2D eigenvalue weighted by Gasteiger charge is -2.16. The van der Waals surface area contributed by atoms with Gasteiger partial charge >= 0.3 is 17.6 Å². The van der Waals surface area contributed by atoms with E-state index in [2.05, 4.69) is 19.2 Å². The fourth-order valence-electron chi connectivity index (χ4n) is 3.43. The minimum Gasteiger partial charge on any atom is -0.459 e. The summed E-state index contributed by atoms with van der Waals surface area (Å²) in [5.41, 5.74) is 1.42. The van der Waals surface area contributed by atoms with E-state index in [0.717, 1.165) is 16.0 Å². The van der Waals surface area contributed by atoms with Gasteiger partial charge in [-0.2, -0.15) is 0 Å². The molecular weight excluding hydrogens is 376 g/mol. The Hall–Kier alpha value is -3.16. The number of fused-ring (bicyclic) bond motifs is 1. The van der Waals surface area contributed by atoms with Gasteiger partial charge < -0.3 is 14.5 Å². The van der Waals surface area contributed by atoms with E-state index in [0.29, 0.717) is 16.5 Å². The number of ether oxygens (including phenoxy) is 1. The van der Waals surface area contributed by atoms with Crippen molar-refractivity contribution in [3.05, 3.63) is 45.3 Å². The minimum atomic E-state index is -1.06. The summed E-state index contributed by atoms with van der Waals surface area (Å²) in [6, 6.07) is 4.37. The van der Waals surface area contributed by atoms with Gasteiger partial charge in [-0.05, 0) is 49.9 Å². The number of imide groups is 1. The van der Waals surface area contributed by atoms with Gasteiger partial charge in [0.1, 0.15) is 24.3 Å². The molecule has 0 bridgehead atoms. The van der Waals surface area contributed by atoms with E-state index in [1.54, 1.807) is 19.9 Å². The van der Waals surface area contributed by atoms with Gasteiger partial charge in [-0.3, -0.25) is 14.5 Å². The summed E-state index contributed by atoms with van der Waals surface area (Å²) in [6.07, 6.45) is 0. The van der Waals surface area contributed by atoms with E-state index in [1.165, 1.54) is 6.07 Å². The van der Waals surface area contributed by atoms with Gasteiger partial charge in [-0.15, -0.1) is 0 Å². The van der Waals surface area contributed by atoms with E-state index in [-0.39, 0.29) is 12.5 Å². The first-order chi connectivity index (χ1) is 13.5. The van der Waals surface area contributed by atoms with Crippen LogP contribution in [0.5, 0.6) is 0 Å². The van der Waals surface area contributed by atoms with Crippen molar-refractivity contribution in [3.63, 3.8) is 0 Å². The molecule has 0 saturated carbocycles. The monoisotopic (exact) mass is 400 g/mol. The molecule has 3 rings (SSSR count). The highest BCUT2D eigenvalue weighted by Crippen LogP contribution is 2.27. The average molecular weight is 400 g/mol. The van der Waals surface area contributed by atoms with Crippen LogP contribution in [0, 0.1) is 6.92 Å². The Labute approximate surface area is 167 Å². The highest BCUT2D eigenvalue weighted by Gasteiger charge is 2.45. The van der Waals surface area contributed by atoms with E-state index in [4.69, 9.17) is 9.15 Å². The first-order valence-corrected chi connectivity index (χ1v) is 9.36. The number of rotatable bonds is 5. The van der Waals surface area contributed by atoms with Gasteiger partial charge in [0.05, 0.1) is 0 Å². The van der Waals surface area contributed by atoms with Gasteiger partial charge in [-0.25, -0.2) is 9.59 Å². The number of esters is 1. The maximum absolute atomic E-state index is 12.2. The molecule has 0 radical (unpaired) electrons. The Bertz CT molecular complexity index is 1070. The summed E-state index contributed by atoms with van der Waals surface area (Å²) in [6.45, 7) is 8.52. The molecule has 1 fully saturated rings. The zero-order chi connectivity index (χ0) is 21.5. The third-order valence-corrected chi connectivity index (χ3v) is 4.96. The number of nitrogens with one attached hydrogen (secondary N) is 1. The van der Waals surface area contributed by atoms with E-state index in [9.17, 15) is 19.2 Å². The summed E-state index contributed by atoms with van der Waals surface area (Å²) >= 11 is 0. The van der Waals surface area contributed by atoms with Crippen LogP contribution in [0.25, 0.3) is 11.0 Å². The molecule has 3 amide bonds. The predicted molar refractivity (Wildman–Crippen MR) is 105 cm³/mol. The molecular formula is C21H24N2O6. The second kappa shape index (κ2) is 7.35. The standard InChI is InChI=1S/C21H24N2O6/c1-11(2)14-8-15-13(7-17(24)29-16(15)6-12(14)3)10-28-18(25)9-23-19(26)21(4,5)22-20(23)27/h6-8,11H,9-10H2,1-5H3,(H,22,27). The highest BCUT2D eigenvalue weighted by atomic mass is 16.5. The first kappa shape index (κ1) is 20.6. The molecule has 1 aliphatic rings. The van der Waals surface area contributed by atoms with Gasteiger partial charge in [0.2, 0.25) is 0 Å². The molecule has 0 aliphatic carbocycles. The number of hydrogen-bond donors (Lipinski definition) is 1. The molecule has 29 heavy (non-hydrogen) atoms. The Morgan fingerprint density at radius 1 is 1.21 bits per heavy atom. The van der Waals surface area contributed by atoms with Crippen molar-refractivity contribution in [2.24, 2.45) is 0 Å². The number of benzene rings is 1. The summed E-state index contributed by atoms with van der Waals surface area (Å²) in [5.74, 6) is -0.976. The number of hydrogen-bond acceptors (Lipinski definition) is 6. The summed E-state index contributed by atoms with van der Waals surface area (Å²) < 4.78 is 10.5. The van der Waals surface area contributed by atoms with Crippen LogP contribution in [-0.2, 0) is 20.9 Å². The Morgan fingerprint density at radius 2 is 1.90 bits per heavy atom. The van der Waals surface area contributed by atoms with Crippen LogP contribution in [-0.4, -0.2) is 34.9 Å². The number of nitrogens with zero attached hydrogens (tertiary/aromatic N) is 1. The number of amides is 3. The highest BCUT2D eigenvalue weighted by molar-refractivity contribution is 6.08. The van der Waals surface area contributed by atoms with Crippen molar-refractivity contribution in [1.82, 2.24) is 10.2 Å². The van der Waals surface area contributed by atoms with Gasteiger partial charge in [0.15, 0.2) is 0 Å². The second-order valence-corrected chi connectivity index (χ2v) is 8.06. The van der Waals surface area contributed by atoms with Crippen molar-refractivity contribution < 1.29 is 23.5 Å². The largest absolute Gasteiger partial charge is 0.459 e. The van der Waals surface area contributed by atoms with Crippen molar-refractivity contribution in [2.75, 3.05) is 6.54 Å². The van der Waals surface area contributed by atoms with Crippen LogP contribution in [0.2, 0.25) is 0 Å². The molecule has 8 nitrogen and oxygen atoms in total. The molecule has 1 aromatic heterocycles. The minimum absolute atomic E-state index is 0.172. The Kier molecular flexibility index (Phi) is 5.21.